The number of phenolic OH excluding ortho intramolecular Hbond substituents is 1. The lowest BCUT2D eigenvalue weighted by Gasteiger charge is -2.18. The van der Waals surface area contributed by atoms with Crippen molar-refractivity contribution in [2.45, 2.75) is 6.42 Å². The maximum absolute atomic E-state index is 9.92. The molecule has 2 aromatic rings. The van der Waals surface area contributed by atoms with Crippen molar-refractivity contribution in [2.24, 2.45) is 0 Å². The van der Waals surface area contributed by atoms with Crippen LogP contribution in [0.15, 0.2) is 42.0 Å². The largest absolute Gasteiger partial charge is 0.508 e. The Morgan fingerprint density at radius 1 is 1.12 bits per heavy atom. The standard InChI is InChI=1S/C19H19Cl2NO2.ClH/c1-22(2)11-13-6-7-24-18-10-17(21)16(20)9-15(18)19(13)12-4-3-5-14(23)8-12;/h3-5,8-10,23H,6-7,11H2,1-2H3;1H. The number of halogens is 3. The van der Waals surface area contributed by atoms with Crippen LogP contribution in [0.25, 0.3) is 5.57 Å². The van der Waals surface area contributed by atoms with Gasteiger partial charge in [-0.1, -0.05) is 35.3 Å². The quantitative estimate of drug-likeness (QED) is 0.762. The van der Waals surface area contributed by atoms with Gasteiger partial charge in [-0.2, -0.15) is 0 Å². The van der Waals surface area contributed by atoms with E-state index in [-0.39, 0.29) is 18.2 Å². The van der Waals surface area contributed by atoms with E-state index in [1.54, 1.807) is 18.2 Å². The SMILES string of the molecule is CN(C)CC1=C(c2cccc(O)c2)c2cc(Cl)c(Cl)cc2OCC1.Cl. The van der Waals surface area contributed by atoms with E-state index in [0.717, 1.165) is 35.4 Å². The van der Waals surface area contributed by atoms with Crippen molar-refractivity contribution in [1.82, 2.24) is 4.90 Å². The van der Waals surface area contributed by atoms with Gasteiger partial charge >= 0.3 is 0 Å². The second kappa shape index (κ2) is 8.33. The number of aromatic hydroxyl groups is 1. The first-order chi connectivity index (χ1) is 11.5. The van der Waals surface area contributed by atoms with Crippen molar-refractivity contribution >= 4 is 41.2 Å². The molecule has 6 heteroatoms. The lowest BCUT2D eigenvalue weighted by atomic mass is 9.91. The monoisotopic (exact) mass is 399 g/mol. The zero-order valence-electron chi connectivity index (χ0n) is 14.1. The van der Waals surface area contributed by atoms with Crippen LogP contribution in [0.2, 0.25) is 10.0 Å². The first-order valence-corrected chi connectivity index (χ1v) is 8.49. The molecule has 1 N–H and O–H groups in total. The smallest absolute Gasteiger partial charge is 0.128 e. The van der Waals surface area contributed by atoms with Crippen molar-refractivity contribution in [3.8, 4) is 11.5 Å². The summed E-state index contributed by atoms with van der Waals surface area (Å²) in [4.78, 5) is 2.13. The van der Waals surface area contributed by atoms with Gasteiger partial charge in [-0.15, -0.1) is 12.4 Å². The van der Waals surface area contributed by atoms with Crippen molar-refractivity contribution in [2.75, 3.05) is 27.2 Å². The first kappa shape index (κ1) is 19.9. The van der Waals surface area contributed by atoms with Crippen LogP contribution in [-0.4, -0.2) is 37.3 Å². The minimum absolute atomic E-state index is 0. The van der Waals surface area contributed by atoms with Gasteiger partial charge in [-0.05, 0) is 49.0 Å². The van der Waals surface area contributed by atoms with Gasteiger partial charge in [0.2, 0.25) is 0 Å². The zero-order valence-corrected chi connectivity index (χ0v) is 16.4. The lowest BCUT2D eigenvalue weighted by molar-refractivity contribution is 0.318. The molecule has 0 bridgehead atoms. The van der Waals surface area contributed by atoms with Crippen LogP contribution in [0.3, 0.4) is 0 Å². The number of hydrogen-bond acceptors (Lipinski definition) is 3. The Kier molecular flexibility index (Phi) is 6.64. The number of nitrogens with zero attached hydrogens (tertiary/aromatic N) is 1. The summed E-state index contributed by atoms with van der Waals surface area (Å²) in [5, 5.41) is 10.9. The molecule has 1 heterocycles. The molecule has 3 nitrogen and oxygen atoms in total. The molecule has 0 saturated carbocycles. The van der Waals surface area contributed by atoms with Gasteiger partial charge < -0.3 is 14.7 Å². The van der Waals surface area contributed by atoms with E-state index in [1.807, 2.05) is 32.3 Å². The summed E-state index contributed by atoms with van der Waals surface area (Å²) in [6.45, 7) is 1.38. The Labute approximate surface area is 164 Å². The predicted octanol–water partition coefficient (Wildman–Crippen LogP) is 5.27. The number of benzene rings is 2. The Bertz CT molecular complexity index is 803. The average Bonchev–Trinajstić information content (AvgIpc) is 2.66. The van der Waals surface area contributed by atoms with Crippen molar-refractivity contribution in [3.05, 3.63) is 63.1 Å². The molecule has 1 aliphatic heterocycles. The van der Waals surface area contributed by atoms with Crippen molar-refractivity contribution in [1.29, 1.82) is 0 Å². The van der Waals surface area contributed by atoms with E-state index in [4.69, 9.17) is 27.9 Å². The van der Waals surface area contributed by atoms with Crippen LogP contribution in [0.5, 0.6) is 11.5 Å². The number of hydrogen-bond donors (Lipinski definition) is 1. The van der Waals surface area contributed by atoms with E-state index in [9.17, 15) is 5.11 Å². The molecule has 0 saturated heterocycles. The highest BCUT2D eigenvalue weighted by Crippen LogP contribution is 2.41. The van der Waals surface area contributed by atoms with Crippen LogP contribution in [0.1, 0.15) is 17.5 Å². The lowest BCUT2D eigenvalue weighted by Crippen LogP contribution is -2.17. The van der Waals surface area contributed by atoms with Crippen LogP contribution >= 0.6 is 35.6 Å². The predicted molar refractivity (Wildman–Crippen MR) is 107 cm³/mol. The van der Waals surface area contributed by atoms with E-state index in [2.05, 4.69) is 4.90 Å². The Hall–Kier alpha value is -1.39. The van der Waals surface area contributed by atoms with Gasteiger partial charge in [-0.25, -0.2) is 0 Å². The van der Waals surface area contributed by atoms with E-state index < -0.39 is 0 Å². The fraction of sp³-hybridized carbons (Fsp3) is 0.263. The third kappa shape index (κ3) is 4.42. The highest BCUT2D eigenvalue weighted by atomic mass is 35.5. The summed E-state index contributed by atoms with van der Waals surface area (Å²) in [6, 6.07) is 10.9. The highest BCUT2D eigenvalue weighted by molar-refractivity contribution is 6.42. The molecule has 2 aromatic carbocycles. The fourth-order valence-electron chi connectivity index (χ4n) is 3.00. The molecule has 134 valence electrons. The van der Waals surface area contributed by atoms with Gasteiger partial charge in [0.1, 0.15) is 11.5 Å². The molecule has 25 heavy (non-hydrogen) atoms. The molecule has 3 rings (SSSR count). The maximum Gasteiger partial charge on any atom is 0.128 e. The van der Waals surface area contributed by atoms with Crippen molar-refractivity contribution < 1.29 is 9.84 Å². The minimum atomic E-state index is 0. The third-order valence-corrected chi connectivity index (χ3v) is 4.67. The van der Waals surface area contributed by atoms with Crippen LogP contribution in [0.4, 0.5) is 0 Å². The number of likely N-dealkylation sites (N-methyl/N-ethyl adjacent to an activating group) is 1. The van der Waals surface area contributed by atoms with Gasteiger partial charge in [0.25, 0.3) is 0 Å². The van der Waals surface area contributed by atoms with Crippen molar-refractivity contribution in [3.63, 3.8) is 0 Å². The third-order valence-electron chi connectivity index (χ3n) is 3.95. The van der Waals surface area contributed by atoms with Gasteiger partial charge in [0, 0.05) is 24.6 Å². The second-order valence-corrected chi connectivity index (χ2v) is 6.94. The summed E-state index contributed by atoms with van der Waals surface area (Å²) in [5.74, 6) is 0.951. The van der Waals surface area contributed by atoms with Crippen LogP contribution in [0, 0.1) is 0 Å². The maximum atomic E-state index is 9.92. The Morgan fingerprint density at radius 2 is 1.84 bits per heavy atom. The molecule has 0 aromatic heterocycles. The topological polar surface area (TPSA) is 32.7 Å². The summed E-state index contributed by atoms with van der Waals surface area (Å²) < 4.78 is 5.91. The molecule has 0 atom stereocenters. The molecular weight excluding hydrogens is 381 g/mol. The van der Waals surface area contributed by atoms with Gasteiger partial charge in [0.15, 0.2) is 0 Å². The first-order valence-electron chi connectivity index (χ1n) is 7.74. The molecule has 0 unspecified atom stereocenters. The van der Waals surface area contributed by atoms with Crippen LogP contribution < -0.4 is 4.74 Å². The summed E-state index contributed by atoms with van der Waals surface area (Å²) in [5.41, 5.74) is 4.13. The number of phenols is 1. The fourth-order valence-corrected chi connectivity index (χ4v) is 3.32. The van der Waals surface area contributed by atoms with Gasteiger partial charge in [0.05, 0.1) is 16.7 Å². The van der Waals surface area contributed by atoms with Crippen LogP contribution in [-0.2, 0) is 0 Å². The normalized spacial score (nSPS) is 13.8. The zero-order chi connectivity index (χ0) is 17.3. The highest BCUT2D eigenvalue weighted by Gasteiger charge is 2.22. The second-order valence-electron chi connectivity index (χ2n) is 6.13. The van der Waals surface area contributed by atoms with E-state index in [1.165, 1.54) is 5.57 Å². The van der Waals surface area contributed by atoms with Gasteiger partial charge in [-0.3, -0.25) is 0 Å². The number of fused-ring (bicyclic) bond motifs is 1. The van der Waals surface area contributed by atoms with E-state index >= 15 is 0 Å². The molecule has 0 radical (unpaired) electrons. The average molecular weight is 401 g/mol. The molecular formula is C19H20Cl3NO2. The minimum Gasteiger partial charge on any atom is -0.508 e. The Morgan fingerprint density at radius 3 is 2.52 bits per heavy atom. The molecule has 0 spiro atoms. The number of ether oxygens (including phenoxy) is 1. The summed E-state index contributed by atoms with van der Waals surface area (Å²) >= 11 is 12.4. The Balaban J connectivity index is 0.00000225. The molecule has 0 amide bonds. The number of rotatable bonds is 3. The summed E-state index contributed by atoms with van der Waals surface area (Å²) in [6.07, 6.45) is 0.799. The molecule has 1 aliphatic rings. The summed E-state index contributed by atoms with van der Waals surface area (Å²) in [7, 11) is 4.07. The van der Waals surface area contributed by atoms with E-state index in [0.29, 0.717) is 16.7 Å². The molecule has 0 aliphatic carbocycles. The molecule has 0 fully saturated rings.